The first-order chi connectivity index (χ1) is 15.5. The van der Waals surface area contributed by atoms with Crippen molar-refractivity contribution in [1.82, 2.24) is 10.6 Å². The molecule has 1 aromatic carbocycles. The van der Waals surface area contributed by atoms with Gasteiger partial charge in [-0.2, -0.15) is 0 Å². The fraction of sp³-hybridized carbons (Fsp3) is 0.458. The maximum Gasteiger partial charge on any atom is 0.408 e. The largest absolute Gasteiger partial charge is 0.467 e. The van der Waals surface area contributed by atoms with E-state index in [1.54, 1.807) is 57.4 Å². The normalized spacial score (nSPS) is 12.8. The lowest BCUT2D eigenvalue weighted by Gasteiger charge is -2.24. The number of hydrogen-bond donors (Lipinski definition) is 3. The van der Waals surface area contributed by atoms with Crippen LogP contribution in [0.25, 0.3) is 0 Å². The molecular formula is C24H34N4O5. The summed E-state index contributed by atoms with van der Waals surface area (Å²) in [5.41, 5.74) is 6.70. The van der Waals surface area contributed by atoms with Crippen molar-refractivity contribution in [2.75, 3.05) is 0 Å². The predicted molar refractivity (Wildman–Crippen MR) is 125 cm³/mol. The molecule has 2 amide bonds. The van der Waals surface area contributed by atoms with Gasteiger partial charge in [0, 0.05) is 5.56 Å². The number of nitrogens with two attached hydrogens (primary N) is 1. The number of rotatable bonds is 10. The first kappa shape index (κ1) is 25.8. The highest BCUT2D eigenvalue weighted by molar-refractivity contribution is 5.94. The first-order valence-electron chi connectivity index (χ1n) is 10.9. The number of carbonyl (C=O) groups is 2. The molecule has 2 rings (SSSR count). The molecule has 1 aromatic heterocycles. The minimum Gasteiger partial charge on any atom is -0.467 e. The molecule has 1 heterocycles. The highest BCUT2D eigenvalue weighted by Gasteiger charge is 2.23. The van der Waals surface area contributed by atoms with Crippen molar-refractivity contribution in [3.8, 4) is 0 Å². The predicted octanol–water partition coefficient (Wildman–Crippen LogP) is 3.94. The number of furan rings is 1. The Hall–Kier alpha value is -3.49. The van der Waals surface area contributed by atoms with E-state index in [0.717, 1.165) is 5.56 Å². The Bertz CT molecular complexity index is 933. The molecule has 0 aliphatic rings. The number of ether oxygens (including phenoxy) is 1. The van der Waals surface area contributed by atoms with Gasteiger partial charge < -0.3 is 30.4 Å². The van der Waals surface area contributed by atoms with Crippen molar-refractivity contribution in [2.45, 2.75) is 65.8 Å². The average molecular weight is 459 g/mol. The summed E-state index contributed by atoms with van der Waals surface area (Å²) in [5.74, 6) is 0.843. The van der Waals surface area contributed by atoms with Gasteiger partial charge in [-0.3, -0.25) is 4.79 Å². The number of amides is 2. The van der Waals surface area contributed by atoms with Crippen LogP contribution in [0.4, 0.5) is 4.79 Å². The summed E-state index contributed by atoms with van der Waals surface area (Å²) in [7, 11) is 0. The maximum atomic E-state index is 12.4. The molecule has 4 N–H and O–H groups in total. The van der Waals surface area contributed by atoms with Gasteiger partial charge in [0.05, 0.1) is 18.8 Å². The van der Waals surface area contributed by atoms with E-state index in [1.807, 2.05) is 19.9 Å². The van der Waals surface area contributed by atoms with E-state index in [1.165, 1.54) is 0 Å². The smallest absolute Gasteiger partial charge is 0.408 e. The molecule has 2 aromatic rings. The van der Waals surface area contributed by atoms with Crippen LogP contribution < -0.4 is 16.4 Å². The van der Waals surface area contributed by atoms with E-state index >= 15 is 0 Å². The molecule has 0 bridgehead atoms. The number of nitrogens with zero attached hydrogens (tertiary/aromatic N) is 1. The molecule has 0 radical (unpaired) electrons. The van der Waals surface area contributed by atoms with Gasteiger partial charge in [0.1, 0.15) is 18.0 Å². The number of benzene rings is 1. The number of nitrogens with one attached hydrogen (secondary N) is 2. The SMILES string of the molecule is CC(C)CC(NC(=O)OC(C)(C)C)/C(N)=N/OCc1cccc(C(=O)NCc2ccco2)c1. The van der Waals surface area contributed by atoms with Crippen LogP contribution in [0.1, 0.15) is 62.7 Å². The van der Waals surface area contributed by atoms with Crippen LogP contribution in [0.3, 0.4) is 0 Å². The lowest BCUT2D eigenvalue weighted by atomic mass is 10.0. The Balaban J connectivity index is 1.94. The standard InChI is InChI=1S/C24H34N4O5/c1-16(2)12-20(27-23(30)33-24(3,4)5)21(25)28-32-15-17-8-6-9-18(13-17)22(29)26-14-19-10-7-11-31-19/h6-11,13,16,20H,12,14-15H2,1-5H3,(H2,25,28)(H,26,29)(H,27,30). The van der Waals surface area contributed by atoms with Gasteiger partial charge in [-0.1, -0.05) is 31.1 Å². The van der Waals surface area contributed by atoms with Crippen LogP contribution >= 0.6 is 0 Å². The fourth-order valence-electron chi connectivity index (χ4n) is 2.90. The summed E-state index contributed by atoms with van der Waals surface area (Å²) in [6, 6.07) is 10.0. The third-order valence-electron chi connectivity index (χ3n) is 4.35. The van der Waals surface area contributed by atoms with Gasteiger partial charge in [0.15, 0.2) is 5.84 Å². The van der Waals surface area contributed by atoms with Crippen molar-refractivity contribution < 1.29 is 23.6 Å². The number of amidine groups is 1. The van der Waals surface area contributed by atoms with Crippen molar-refractivity contribution >= 4 is 17.8 Å². The Kier molecular flexibility index (Phi) is 9.32. The van der Waals surface area contributed by atoms with E-state index in [4.69, 9.17) is 19.7 Å². The molecule has 9 heteroatoms. The van der Waals surface area contributed by atoms with E-state index in [9.17, 15) is 9.59 Å². The van der Waals surface area contributed by atoms with Gasteiger partial charge in [-0.15, -0.1) is 0 Å². The van der Waals surface area contributed by atoms with Crippen LogP contribution in [0.15, 0.2) is 52.2 Å². The summed E-state index contributed by atoms with van der Waals surface area (Å²) in [6.45, 7) is 9.80. The highest BCUT2D eigenvalue weighted by Crippen LogP contribution is 2.11. The molecule has 33 heavy (non-hydrogen) atoms. The lowest BCUT2D eigenvalue weighted by molar-refractivity contribution is 0.0511. The van der Waals surface area contributed by atoms with Crippen LogP contribution in [0.2, 0.25) is 0 Å². The van der Waals surface area contributed by atoms with Crippen molar-refractivity contribution in [2.24, 2.45) is 16.8 Å². The van der Waals surface area contributed by atoms with E-state index in [2.05, 4.69) is 15.8 Å². The molecule has 1 atom stereocenters. The first-order valence-corrected chi connectivity index (χ1v) is 10.9. The Morgan fingerprint density at radius 1 is 1.18 bits per heavy atom. The van der Waals surface area contributed by atoms with E-state index in [-0.39, 0.29) is 24.3 Å². The zero-order valence-electron chi connectivity index (χ0n) is 19.9. The third-order valence-corrected chi connectivity index (χ3v) is 4.35. The van der Waals surface area contributed by atoms with Crippen molar-refractivity contribution in [3.05, 3.63) is 59.5 Å². The zero-order chi connectivity index (χ0) is 24.4. The Labute approximate surface area is 194 Å². The number of alkyl carbamates (subject to hydrolysis) is 1. The summed E-state index contributed by atoms with van der Waals surface area (Å²) in [6.07, 6.45) is 1.56. The van der Waals surface area contributed by atoms with Crippen LogP contribution in [0, 0.1) is 5.92 Å². The molecule has 0 aliphatic heterocycles. The van der Waals surface area contributed by atoms with Crippen molar-refractivity contribution in [3.63, 3.8) is 0 Å². The molecule has 0 saturated carbocycles. The fourth-order valence-corrected chi connectivity index (χ4v) is 2.90. The van der Waals surface area contributed by atoms with Crippen LogP contribution in [-0.4, -0.2) is 29.5 Å². The molecule has 180 valence electrons. The van der Waals surface area contributed by atoms with E-state index < -0.39 is 17.7 Å². The molecule has 0 aliphatic carbocycles. The highest BCUT2D eigenvalue weighted by atomic mass is 16.6. The second-order valence-corrected chi connectivity index (χ2v) is 9.08. The van der Waals surface area contributed by atoms with Gasteiger partial charge in [-0.05, 0) is 62.9 Å². The van der Waals surface area contributed by atoms with Crippen LogP contribution in [0.5, 0.6) is 0 Å². The summed E-state index contributed by atoms with van der Waals surface area (Å²) in [5, 5.41) is 9.52. The molecule has 0 saturated heterocycles. The van der Waals surface area contributed by atoms with Crippen LogP contribution in [-0.2, 0) is 22.7 Å². The van der Waals surface area contributed by atoms with Gasteiger partial charge >= 0.3 is 6.09 Å². The molecule has 0 spiro atoms. The Morgan fingerprint density at radius 2 is 1.94 bits per heavy atom. The number of carbonyl (C=O) groups excluding carboxylic acids is 2. The second kappa shape index (κ2) is 11.9. The Morgan fingerprint density at radius 3 is 2.58 bits per heavy atom. The number of oxime groups is 1. The molecule has 9 nitrogen and oxygen atoms in total. The maximum absolute atomic E-state index is 12.4. The van der Waals surface area contributed by atoms with E-state index in [0.29, 0.717) is 24.3 Å². The minimum atomic E-state index is -0.621. The average Bonchev–Trinajstić information content (AvgIpc) is 3.23. The van der Waals surface area contributed by atoms with Gasteiger partial charge in [-0.25, -0.2) is 4.79 Å². The quantitative estimate of drug-likeness (QED) is 0.281. The minimum absolute atomic E-state index is 0.112. The molecular weight excluding hydrogens is 424 g/mol. The topological polar surface area (TPSA) is 128 Å². The zero-order valence-corrected chi connectivity index (χ0v) is 19.9. The summed E-state index contributed by atoms with van der Waals surface area (Å²) in [4.78, 5) is 29.9. The molecule has 0 fully saturated rings. The monoisotopic (exact) mass is 458 g/mol. The van der Waals surface area contributed by atoms with Gasteiger partial charge in [0.25, 0.3) is 5.91 Å². The lowest BCUT2D eigenvalue weighted by Crippen LogP contribution is -2.47. The molecule has 1 unspecified atom stereocenters. The second-order valence-electron chi connectivity index (χ2n) is 9.08. The van der Waals surface area contributed by atoms with Gasteiger partial charge in [0.2, 0.25) is 0 Å². The number of hydrogen-bond acceptors (Lipinski definition) is 6. The third kappa shape index (κ3) is 9.67. The van der Waals surface area contributed by atoms with Crippen molar-refractivity contribution in [1.29, 1.82) is 0 Å². The summed E-state index contributed by atoms with van der Waals surface area (Å²) >= 11 is 0. The summed E-state index contributed by atoms with van der Waals surface area (Å²) < 4.78 is 10.5.